The lowest BCUT2D eigenvalue weighted by molar-refractivity contribution is 0.424. The van der Waals surface area contributed by atoms with Crippen LogP contribution in [0.1, 0.15) is 27.7 Å². The second-order valence-corrected chi connectivity index (χ2v) is 3.77. The third-order valence-corrected chi connectivity index (χ3v) is 2.47. The van der Waals surface area contributed by atoms with E-state index < -0.39 is 0 Å². The van der Waals surface area contributed by atoms with Gasteiger partial charge in [-0.3, -0.25) is 0 Å². The molecule has 1 unspecified atom stereocenters. The number of hydrogen-bond acceptors (Lipinski definition) is 2. The third-order valence-electron chi connectivity index (χ3n) is 2.47. The SMILES string of the molecule is CC1=NC=CC(C)(C(C)C)C=N1. The van der Waals surface area contributed by atoms with Gasteiger partial charge in [-0.15, -0.1) is 0 Å². The van der Waals surface area contributed by atoms with Crippen molar-refractivity contribution < 1.29 is 0 Å². The van der Waals surface area contributed by atoms with Crippen molar-refractivity contribution in [2.45, 2.75) is 27.7 Å². The van der Waals surface area contributed by atoms with Gasteiger partial charge in [-0.1, -0.05) is 26.8 Å². The molecule has 0 saturated carbocycles. The van der Waals surface area contributed by atoms with Crippen LogP contribution in [0.25, 0.3) is 0 Å². The molecule has 0 aromatic heterocycles. The van der Waals surface area contributed by atoms with Crippen LogP contribution in [0.5, 0.6) is 0 Å². The molecule has 66 valence electrons. The van der Waals surface area contributed by atoms with Gasteiger partial charge in [-0.05, 0) is 12.8 Å². The van der Waals surface area contributed by atoms with E-state index in [1.165, 1.54) is 0 Å². The van der Waals surface area contributed by atoms with Gasteiger partial charge in [0, 0.05) is 17.8 Å². The van der Waals surface area contributed by atoms with Crippen molar-refractivity contribution in [1.82, 2.24) is 0 Å². The normalized spacial score (nSPS) is 28.9. The molecule has 1 aliphatic rings. The Balaban J connectivity index is 2.92. The van der Waals surface area contributed by atoms with E-state index in [9.17, 15) is 0 Å². The molecule has 0 fully saturated rings. The number of allylic oxidation sites excluding steroid dienone is 1. The molecule has 0 aromatic rings. The van der Waals surface area contributed by atoms with Crippen molar-refractivity contribution in [3.8, 4) is 0 Å². The van der Waals surface area contributed by atoms with Crippen molar-refractivity contribution in [2.75, 3.05) is 0 Å². The quantitative estimate of drug-likeness (QED) is 0.569. The van der Waals surface area contributed by atoms with Crippen LogP contribution in [0.2, 0.25) is 0 Å². The minimum atomic E-state index is 0.0568. The first-order valence-corrected chi connectivity index (χ1v) is 4.32. The van der Waals surface area contributed by atoms with Crippen LogP contribution < -0.4 is 0 Å². The summed E-state index contributed by atoms with van der Waals surface area (Å²) in [6.45, 7) is 8.46. The second kappa shape index (κ2) is 3.21. The maximum atomic E-state index is 4.26. The van der Waals surface area contributed by atoms with E-state index >= 15 is 0 Å². The highest BCUT2D eigenvalue weighted by atomic mass is 14.9. The minimum Gasteiger partial charge on any atom is -0.245 e. The lowest BCUT2D eigenvalue weighted by Crippen LogP contribution is -2.22. The van der Waals surface area contributed by atoms with Crippen LogP contribution in [-0.2, 0) is 0 Å². The molecule has 0 radical (unpaired) electrons. The fraction of sp³-hybridized carbons (Fsp3) is 0.600. The van der Waals surface area contributed by atoms with Gasteiger partial charge in [0.2, 0.25) is 0 Å². The van der Waals surface area contributed by atoms with Gasteiger partial charge in [0.05, 0.1) is 0 Å². The molecule has 1 atom stereocenters. The van der Waals surface area contributed by atoms with Crippen LogP contribution in [0.4, 0.5) is 0 Å². The fourth-order valence-corrected chi connectivity index (χ4v) is 0.956. The van der Waals surface area contributed by atoms with E-state index in [4.69, 9.17) is 0 Å². The highest BCUT2D eigenvalue weighted by molar-refractivity contribution is 5.90. The monoisotopic (exact) mass is 164 g/mol. The molecule has 0 aromatic carbocycles. The standard InChI is InChI=1S/C10H16N2/c1-8(2)10(4)5-6-11-9(3)12-7-10/h5-8H,1-4H3. The average molecular weight is 164 g/mol. The molecule has 0 aliphatic carbocycles. The van der Waals surface area contributed by atoms with Crippen LogP contribution in [0.3, 0.4) is 0 Å². The summed E-state index contributed by atoms with van der Waals surface area (Å²) in [6, 6.07) is 0. The molecular formula is C10H16N2. The highest BCUT2D eigenvalue weighted by Gasteiger charge is 2.23. The number of hydrogen-bond donors (Lipinski definition) is 0. The number of amidine groups is 1. The average Bonchev–Trinajstić information content (AvgIpc) is 2.15. The van der Waals surface area contributed by atoms with Gasteiger partial charge in [0.25, 0.3) is 0 Å². The lowest BCUT2D eigenvalue weighted by atomic mass is 9.80. The number of nitrogens with zero attached hydrogens (tertiary/aromatic N) is 2. The molecule has 1 aliphatic heterocycles. The molecule has 0 N–H and O–H groups in total. The minimum absolute atomic E-state index is 0.0568. The summed E-state index contributed by atoms with van der Waals surface area (Å²) in [7, 11) is 0. The Morgan fingerprint density at radius 3 is 2.67 bits per heavy atom. The summed E-state index contributed by atoms with van der Waals surface area (Å²) in [5.74, 6) is 1.38. The van der Waals surface area contributed by atoms with E-state index in [0.717, 1.165) is 5.84 Å². The second-order valence-electron chi connectivity index (χ2n) is 3.77. The van der Waals surface area contributed by atoms with Gasteiger partial charge < -0.3 is 0 Å². The van der Waals surface area contributed by atoms with Crippen molar-refractivity contribution in [3.63, 3.8) is 0 Å². The maximum Gasteiger partial charge on any atom is 0.124 e. The van der Waals surface area contributed by atoms with Crippen LogP contribution in [-0.4, -0.2) is 12.1 Å². The van der Waals surface area contributed by atoms with E-state index in [1.54, 1.807) is 0 Å². The maximum absolute atomic E-state index is 4.26. The van der Waals surface area contributed by atoms with E-state index in [2.05, 4.69) is 36.8 Å². The van der Waals surface area contributed by atoms with Crippen molar-refractivity contribution in [2.24, 2.45) is 21.3 Å². The Hall–Kier alpha value is -0.920. The molecular weight excluding hydrogens is 148 g/mol. The Morgan fingerprint density at radius 2 is 2.08 bits per heavy atom. The molecule has 2 nitrogen and oxygen atoms in total. The molecule has 0 bridgehead atoms. The van der Waals surface area contributed by atoms with Gasteiger partial charge in [-0.2, -0.15) is 0 Å². The van der Waals surface area contributed by atoms with Crippen LogP contribution in [0, 0.1) is 11.3 Å². The first-order chi connectivity index (χ1) is 5.54. The van der Waals surface area contributed by atoms with E-state index in [1.807, 2.05) is 19.3 Å². The Morgan fingerprint density at radius 1 is 1.42 bits per heavy atom. The zero-order valence-corrected chi connectivity index (χ0v) is 8.20. The van der Waals surface area contributed by atoms with Gasteiger partial charge in [-0.25, -0.2) is 9.98 Å². The van der Waals surface area contributed by atoms with E-state index in [0.29, 0.717) is 5.92 Å². The largest absolute Gasteiger partial charge is 0.245 e. The van der Waals surface area contributed by atoms with Crippen LogP contribution >= 0.6 is 0 Å². The summed E-state index contributed by atoms with van der Waals surface area (Å²) in [6.07, 6.45) is 5.94. The molecule has 1 heterocycles. The van der Waals surface area contributed by atoms with Crippen molar-refractivity contribution in [3.05, 3.63) is 12.3 Å². The zero-order chi connectivity index (χ0) is 9.19. The number of rotatable bonds is 1. The Bertz CT molecular complexity index is 249. The predicted molar refractivity (Wildman–Crippen MR) is 53.7 cm³/mol. The molecule has 0 saturated heterocycles. The Kier molecular flexibility index (Phi) is 2.46. The molecule has 2 heteroatoms. The third kappa shape index (κ3) is 1.81. The lowest BCUT2D eigenvalue weighted by Gasteiger charge is -2.24. The summed E-state index contributed by atoms with van der Waals surface area (Å²) in [4.78, 5) is 8.40. The van der Waals surface area contributed by atoms with Crippen molar-refractivity contribution in [1.29, 1.82) is 0 Å². The van der Waals surface area contributed by atoms with Crippen LogP contribution in [0.15, 0.2) is 22.3 Å². The fourth-order valence-electron chi connectivity index (χ4n) is 0.956. The smallest absolute Gasteiger partial charge is 0.124 e. The predicted octanol–water partition coefficient (Wildman–Crippen LogP) is 2.67. The summed E-state index contributed by atoms with van der Waals surface area (Å²) in [5, 5.41) is 0. The molecule has 1 rings (SSSR count). The Labute approximate surface area is 74.1 Å². The van der Waals surface area contributed by atoms with Gasteiger partial charge in [0.1, 0.15) is 5.84 Å². The summed E-state index contributed by atoms with van der Waals surface area (Å²) >= 11 is 0. The molecule has 12 heavy (non-hydrogen) atoms. The van der Waals surface area contributed by atoms with Gasteiger partial charge >= 0.3 is 0 Å². The number of aliphatic imine (C=N–C) groups is 2. The van der Waals surface area contributed by atoms with E-state index in [-0.39, 0.29) is 5.41 Å². The first kappa shape index (κ1) is 9.17. The van der Waals surface area contributed by atoms with Crippen molar-refractivity contribution >= 4 is 12.1 Å². The highest BCUT2D eigenvalue weighted by Crippen LogP contribution is 2.27. The topological polar surface area (TPSA) is 24.7 Å². The molecule has 0 amide bonds. The molecule has 0 spiro atoms. The van der Waals surface area contributed by atoms with Gasteiger partial charge in [0.15, 0.2) is 0 Å². The summed E-state index contributed by atoms with van der Waals surface area (Å²) in [5.41, 5.74) is 0.0568. The zero-order valence-electron chi connectivity index (χ0n) is 8.20. The first-order valence-electron chi connectivity index (χ1n) is 4.32. The summed E-state index contributed by atoms with van der Waals surface area (Å²) < 4.78 is 0.